The monoisotopic (exact) mass is 335 g/mol. The topological polar surface area (TPSA) is 135 Å². The van der Waals surface area contributed by atoms with Crippen LogP contribution in [0.3, 0.4) is 0 Å². The summed E-state index contributed by atoms with van der Waals surface area (Å²) in [5.74, 6) is 0.246. The third-order valence-electron chi connectivity index (χ3n) is 3.88. The number of thiazole rings is 1. The van der Waals surface area contributed by atoms with Gasteiger partial charge in [0.05, 0.1) is 23.7 Å². The lowest BCUT2D eigenvalue weighted by atomic mass is 10.0. The molecule has 7 nitrogen and oxygen atoms in total. The molecule has 0 aliphatic heterocycles. The van der Waals surface area contributed by atoms with Crippen LogP contribution in [0.1, 0.15) is 40.1 Å². The number of nitrogens with one attached hydrogen (secondary N) is 1. The van der Waals surface area contributed by atoms with Crippen molar-refractivity contribution >= 4 is 28.1 Å². The van der Waals surface area contributed by atoms with Crippen LogP contribution in [-0.2, 0) is 19.3 Å². The fraction of sp³-hybridized carbons (Fsp3) is 0.312. The molecule has 0 aromatic carbocycles. The number of hydrogen-bond acceptors (Lipinski definition) is 8. The first-order valence-electron chi connectivity index (χ1n) is 7.43. The Morgan fingerprint density at radius 2 is 1.83 bits per heavy atom. The molecular weight excluding hydrogens is 322 g/mol. The van der Waals surface area contributed by atoms with Crippen molar-refractivity contribution in [3.63, 3.8) is 0 Å². The molecule has 0 bridgehead atoms. The van der Waals surface area contributed by atoms with E-state index in [-0.39, 0.29) is 29.2 Å². The van der Waals surface area contributed by atoms with E-state index in [0.717, 1.165) is 31.4 Å². The van der Waals surface area contributed by atoms with Crippen molar-refractivity contribution in [1.29, 1.82) is 15.8 Å². The molecule has 1 aliphatic rings. The number of anilines is 3. The largest absolute Gasteiger partial charge is 0.383 e. The minimum absolute atomic E-state index is 0.00516. The number of nitriles is 3. The molecule has 2 aromatic rings. The lowest BCUT2D eigenvalue weighted by molar-refractivity contribution is 0.683. The Kier molecular flexibility index (Phi) is 4.29. The highest BCUT2D eigenvalue weighted by atomic mass is 32.1. The molecule has 1 aliphatic carbocycles. The molecule has 2 heterocycles. The van der Waals surface area contributed by atoms with Gasteiger partial charge in [0.15, 0.2) is 10.9 Å². The smallest absolute Gasteiger partial charge is 0.188 e. The second-order valence-corrected chi connectivity index (χ2v) is 6.44. The van der Waals surface area contributed by atoms with Gasteiger partial charge in [0.2, 0.25) is 0 Å². The van der Waals surface area contributed by atoms with Gasteiger partial charge in [-0.1, -0.05) is 0 Å². The summed E-state index contributed by atoms with van der Waals surface area (Å²) in [4.78, 5) is 9.95. The van der Waals surface area contributed by atoms with Crippen molar-refractivity contribution < 1.29 is 0 Å². The molecule has 0 atom stereocenters. The maximum atomic E-state index is 9.47. The molecule has 8 heteroatoms. The SMILES string of the molecule is N#CCc1c(C#N)c(N)nc(Nc2nc3c(s2)CCCC3)c1C#N. The molecule has 0 amide bonds. The van der Waals surface area contributed by atoms with Gasteiger partial charge >= 0.3 is 0 Å². The molecule has 2 aromatic heterocycles. The first-order valence-corrected chi connectivity index (χ1v) is 8.24. The first kappa shape index (κ1) is 15.7. The number of pyridine rings is 1. The van der Waals surface area contributed by atoms with Crippen LogP contribution in [0.25, 0.3) is 0 Å². The molecule has 24 heavy (non-hydrogen) atoms. The van der Waals surface area contributed by atoms with Crippen molar-refractivity contribution in [2.24, 2.45) is 0 Å². The Balaban J connectivity index is 2.05. The number of fused-ring (bicyclic) bond motifs is 1. The van der Waals surface area contributed by atoms with E-state index in [1.165, 1.54) is 4.88 Å². The van der Waals surface area contributed by atoms with Gasteiger partial charge in [0, 0.05) is 10.4 Å². The van der Waals surface area contributed by atoms with Crippen LogP contribution >= 0.6 is 11.3 Å². The maximum absolute atomic E-state index is 9.47. The Bertz CT molecular complexity index is 900. The van der Waals surface area contributed by atoms with Crippen molar-refractivity contribution in [2.75, 3.05) is 11.1 Å². The van der Waals surface area contributed by atoms with Gasteiger partial charge in [-0.25, -0.2) is 9.97 Å². The molecular formula is C16H13N7S. The van der Waals surface area contributed by atoms with Crippen LogP contribution < -0.4 is 11.1 Å². The minimum Gasteiger partial charge on any atom is -0.383 e. The van der Waals surface area contributed by atoms with Gasteiger partial charge in [-0.2, -0.15) is 15.8 Å². The van der Waals surface area contributed by atoms with Crippen molar-refractivity contribution in [1.82, 2.24) is 9.97 Å². The van der Waals surface area contributed by atoms with Gasteiger partial charge in [0.1, 0.15) is 23.5 Å². The number of rotatable bonds is 3. The van der Waals surface area contributed by atoms with Gasteiger partial charge < -0.3 is 11.1 Å². The molecule has 0 saturated carbocycles. The number of aryl methyl sites for hydroxylation is 2. The van der Waals surface area contributed by atoms with Crippen LogP contribution in [0.2, 0.25) is 0 Å². The predicted molar refractivity (Wildman–Crippen MR) is 89.4 cm³/mol. The Morgan fingerprint density at radius 3 is 2.50 bits per heavy atom. The number of nitrogen functional groups attached to an aromatic ring is 1. The average molecular weight is 335 g/mol. The highest BCUT2D eigenvalue weighted by molar-refractivity contribution is 7.15. The third-order valence-corrected chi connectivity index (χ3v) is 4.95. The van der Waals surface area contributed by atoms with Crippen LogP contribution in [-0.4, -0.2) is 9.97 Å². The van der Waals surface area contributed by atoms with E-state index < -0.39 is 0 Å². The Hall–Kier alpha value is -3.15. The van der Waals surface area contributed by atoms with Crippen molar-refractivity contribution in [3.05, 3.63) is 27.3 Å². The Labute approximate surface area is 143 Å². The molecule has 0 spiro atoms. The lowest BCUT2D eigenvalue weighted by Crippen LogP contribution is -2.08. The maximum Gasteiger partial charge on any atom is 0.188 e. The van der Waals surface area contributed by atoms with Crippen LogP contribution in [0.5, 0.6) is 0 Å². The van der Waals surface area contributed by atoms with Gasteiger partial charge in [-0.15, -0.1) is 11.3 Å². The second kappa shape index (κ2) is 6.54. The predicted octanol–water partition coefficient (Wildman–Crippen LogP) is 2.55. The molecule has 0 saturated heterocycles. The third kappa shape index (κ3) is 2.74. The zero-order valence-corrected chi connectivity index (χ0v) is 13.6. The van der Waals surface area contributed by atoms with E-state index in [1.807, 2.05) is 18.2 Å². The van der Waals surface area contributed by atoms with E-state index >= 15 is 0 Å². The fourth-order valence-corrected chi connectivity index (χ4v) is 3.80. The number of hydrogen-bond donors (Lipinski definition) is 2. The van der Waals surface area contributed by atoms with E-state index in [9.17, 15) is 10.5 Å². The van der Waals surface area contributed by atoms with E-state index in [2.05, 4.69) is 15.3 Å². The van der Waals surface area contributed by atoms with Gasteiger partial charge in [-0.3, -0.25) is 0 Å². The number of nitrogens with two attached hydrogens (primary N) is 1. The summed E-state index contributed by atoms with van der Waals surface area (Å²) in [6, 6.07) is 5.92. The van der Waals surface area contributed by atoms with Gasteiger partial charge in [-0.05, 0) is 25.7 Å². The molecule has 0 radical (unpaired) electrons. The molecule has 3 rings (SSSR count). The second-order valence-electron chi connectivity index (χ2n) is 5.35. The summed E-state index contributed by atoms with van der Waals surface area (Å²) in [6.07, 6.45) is 4.19. The molecule has 0 unspecified atom stereocenters. The highest BCUT2D eigenvalue weighted by Gasteiger charge is 2.21. The number of aromatic nitrogens is 2. The zero-order chi connectivity index (χ0) is 17.1. The zero-order valence-electron chi connectivity index (χ0n) is 12.8. The summed E-state index contributed by atoms with van der Waals surface area (Å²) in [5, 5.41) is 31.4. The van der Waals surface area contributed by atoms with Crippen molar-refractivity contribution in [2.45, 2.75) is 32.1 Å². The van der Waals surface area contributed by atoms with Crippen LogP contribution in [0, 0.1) is 34.0 Å². The first-order chi connectivity index (χ1) is 11.7. The minimum atomic E-state index is -0.0818. The standard InChI is InChI=1S/C16H13N7S/c17-6-5-9-10(7-18)14(20)22-15(11(9)8-19)23-16-21-12-3-1-2-4-13(12)24-16/h1-5H2,(H3,20,21,22,23). The lowest BCUT2D eigenvalue weighted by Gasteiger charge is -2.11. The summed E-state index contributed by atoms with van der Waals surface area (Å²) < 4.78 is 0. The molecule has 0 fully saturated rings. The van der Waals surface area contributed by atoms with E-state index in [0.29, 0.717) is 10.7 Å². The molecule has 3 N–H and O–H groups in total. The highest BCUT2D eigenvalue weighted by Crippen LogP contribution is 2.33. The summed E-state index contributed by atoms with van der Waals surface area (Å²) in [5.41, 5.74) is 7.46. The normalized spacial score (nSPS) is 12.5. The summed E-state index contributed by atoms with van der Waals surface area (Å²) in [6.45, 7) is 0. The van der Waals surface area contributed by atoms with Crippen LogP contribution in [0.15, 0.2) is 0 Å². The quantitative estimate of drug-likeness (QED) is 0.879. The molecule has 118 valence electrons. The number of nitrogens with zero attached hydrogens (tertiary/aromatic N) is 5. The average Bonchev–Trinajstić information content (AvgIpc) is 2.97. The van der Waals surface area contributed by atoms with Crippen molar-refractivity contribution in [3.8, 4) is 18.2 Å². The van der Waals surface area contributed by atoms with E-state index in [4.69, 9.17) is 11.0 Å². The van der Waals surface area contributed by atoms with Crippen LogP contribution in [0.4, 0.5) is 16.8 Å². The fourth-order valence-electron chi connectivity index (χ4n) is 2.75. The van der Waals surface area contributed by atoms with E-state index in [1.54, 1.807) is 11.3 Å². The summed E-state index contributed by atoms with van der Waals surface area (Å²) >= 11 is 1.54. The Morgan fingerprint density at radius 1 is 1.08 bits per heavy atom. The summed E-state index contributed by atoms with van der Waals surface area (Å²) in [7, 11) is 0. The van der Waals surface area contributed by atoms with Gasteiger partial charge in [0.25, 0.3) is 0 Å².